The van der Waals surface area contributed by atoms with E-state index in [2.05, 4.69) is 64.3 Å². The number of fused-ring (bicyclic) bond motifs is 7. The number of benzene rings is 2. The fraction of sp³-hybridized carbons (Fsp3) is 0.0556. The monoisotopic (exact) mass is 271 g/mol. The quantitative estimate of drug-likeness (QED) is 0.423. The van der Waals surface area contributed by atoms with Gasteiger partial charge in [0.2, 0.25) is 0 Å². The third kappa shape index (κ3) is 1.30. The Kier molecular flexibility index (Phi) is 1.89. The standard InChI is InChI=1S/C18H13N3/c1-10-5-4-7-12-16(10)21-18-15-11-6-2-3-8-13(11)20-14(15)9-19-17(12)18/h2-9,20-21H,1H3. The first-order valence-corrected chi connectivity index (χ1v) is 7.09. The minimum absolute atomic E-state index is 1.05. The molecule has 0 bridgehead atoms. The van der Waals surface area contributed by atoms with Crippen LogP contribution in [0.15, 0.2) is 48.7 Å². The van der Waals surface area contributed by atoms with Crippen LogP contribution in [0.3, 0.4) is 0 Å². The van der Waals surface area contributed by atoms with E-state index in [1.165, 1.54) is 27.2 Å². The van der Waals surface area contributed by atoms with Gasteiger partial charge in [-0.15, -0.1) is 0 Å². The second-order valence-electron chi connectivity index (χ2n) is 5.56. The summed E-state index contributed by atoms with van der Waals surface area (Å²) in [7, 11) is 0. The van der Waals surface area contributed by atoms with Gasteiger partial charge in [-0.2, -0.15) is 0 Å². The van der Waals surface area contributed by atoms with E-state index in [1.807, 2.05) is 6.20 Å². The first kappa shape index (κ1) is 10.9. The lowest BCUT2D eigenvalue weighted by Crippen LogP contribution is -1.76. The number of hydrogen-bond acceptors (Lipinski definition) is 1. The van der Waals surface area contributed by atoms with Crippen molar-refractivity contribution >= 4 is 43.7 Å². The Morgan fingerprint density at radius 3 is 2.62 bits per heavy atom. The topological polar surface area (TPSA) is 44.5 Å². The zero-order valence-electron chi connectivity index (χ0n) is 11.6. The highest BCUT2D eigenvalue weighted by atomic mass is 14.8. The van der Waals surface area contributed by atoms with E-state index in [1.54, 1.807) is 0 Å². The summed E-state index contributed by atoms with van der Waals surface area (Å²) < 4.78 is 0. The van der Waals surface area contributed by atoms with Crippen LogP contribution >= 0.6 is 0 Å². The van der Waals surface area contributed by atoms with Crippen LogP contribution < -0.4 is 0 Å². The number of H-pyrrole nitrogens is 2. The Balaban J connectivity index is 2.13. The molecule has 0 radical (unpaired) electrons. The molecule has 2 aromatic carbocycles. The molecule has 100 valence electrons. The molecule has 0 spiro atoms. The molecule has 0 saturated carbocycles. The van der Waals surface area contributed by atoms with E-state index in [0.717, 1.165) is 22.1 Å². The van der Waals surface area contributed by atoms with E-state index in [-0.39, 0.29) is 0 Å². The minimum Gasteiger partial charge on any atom is -0.353 e. The molecule has 0 aliphatic carbocycles. The molecule has 5 aromatic rings. The molecule has 0 aliphatic rings. The molecule has 21 heavy (non-hydrogen) atoms. The molecular weight excluding hydrogens is 258 g/mol. The van der Waals surface area contributed by atoms with Gasteiger partial charge in [0.1, 0.15) is 0 Å². The van der Waals surface area contributed by atoms with E-state index in [9.17, 15) is 0 Å². The Hall–Kier alpha value is -2.81. The molecule has 3 nitrogen and oxygen atoms in total. The molecule has 3 heterocycles. The van der Waals surface area contributed by atoms with E-state index in [0.29, 0.717) is 0 Å². The van der Waals surface area contributed by atoms with Gasteiger partial charge < -0.3 is 9.97 Å². The summed E-state index contributed by atoms with van der Waals surface area (Å²) in [6.45, 7) is 2.13. The smallest absolute Gasteiger partial charge is 0.0965 e. The largest absolute Gasteiger partial charge is 0.353 e. The molecule has 0 fully saturated rings. The summed E-state index contributed by atoms with van der Waals surface area (Å²) in [5.74, 6) is 0. The predicted octanol–water partition coefficient (Wildman–Crippen LogP) is 4.66. The predicted molar refractivity (Wildman–Crippen MR) is 87.7 cm³/mol. The van der Waals surface area contributed by atoms with Crippen LogP contribution in [-0.2, 0) is 0 Å². The van der Waals surface area contributed by atoms with Crippen LogP contribution in [0, 0.1) is 6.92 Å². The lowest BCUT2D eigenvalue weighted by atomic mass is 10.1. The van der Waals surface area contributed by atoms with Crippen molar-refractivity contribution in [2.75, 3.05) is 0 Å². The van der Waals surface area contributed by atoms with Gasteiger partial charge in [0, 0.05) is 21.7 Å². The summed E-state index contributed by atoms with van der Waals surface area (Å²) >= 11 is 0. The number of rotatable bonds is 0. The second kappa shape index (κ2) is 3.64. The molecule has 2 N–H and O–H groups in total. The zero-order valence-corrected chi connectivity index (χ0v) is 11.6. The van der Waals surface area contributed by atoms with Crippen molar-refractivity contribution in [3.63, 3.8) is 0 Å². The highest BCUT2D eigenvalue weighted by molar-refractivity contribution is 6.22. The average molecular weight is 271 g/mol. The maximum atomic E-state index is 4.67. The molecular formula is C18H13N3. The maximum Gasteiger partial charge on any atom is 0.0965 e. The lowest BCUT2D eigenvalue weighted by Gasteiger charge is -1.94. The molecule has 0 saturated heterocycles. The van der Waals surface area contributed by atoms with Crippen molar-refractivity contribution in [3.8, 4) is 0 Å². The Labute approximate surface area is 120 Å². The summed E-state index contributed by atoms with van der Waals surface area (Å²) in [5, 5.41) is 3.66. The Morgan fingerprint density at radius 2 is 1.67 bits per heavy atom. The van der Waals surface area contributed by atoms with Crippen LogP contribution in [-0.4, -0.2) is 15.0 Å². The van der Waals surface area contributed by atoms with Crippen molar-refractivity contribution in [2.24, 2.45) is 0 Å². The molecule has 3 aromatic heterocycles. The van der Waals surface area contributed by atoms with Gasteiger partial charge in [0.05, 0.1) is 28.3 Å². The van der Waals surface area contributed by atoms with Crippen molar-refractivity contribution in [1.29, 1.82) is 0 Å². The van der Waals surface area contributed by atoms with Gasteiger partial charge >= 0.3 is 0 Å². The fourth-order valence-corrected chi connectivity index (χ4v) is 3.32. The van der Waals surface area contributed by atoms with Gasteiger partial charge in [-0.1, -0.05) is 36.4 Å². The van der Waals surface area contributed by atoms with Crippen molar-refractivity contribution in [1.82, 2.24) is 15.0 Å². The first-order chi connectivity index (χ1) is 10.3. The number of pyridine rings is 1. The molecule has 0 unspecified atom stereocenters. The fourth-order valence-electron chi connectivity index (χ4n) is 3.32. The zero-order chi connectivity index (χ0) is 14.0. The normalized spacial score (nSPS) is 12.0. The average Bonchev–Trinajstić information content (AvgIpc) is 3.05. The number of nitrogens with zero attached hydrogens (tertiary/aromatic N) is 1. The van der Waals surface area contributed by atoms with Gasteiger partial charge in [-0.3, -0.25) is 4.98 Å². The van der Waals surface area contributed by atoms with E-state index >= 15 is 0 Å². The maximum absolute atomic E-state index is 4.67. The minimum atomic E-state index is 1.05. The summed E-state index contributed by atoms with van der Waals surface area (Å²) in [6.07, 6.45) is 1.94. The number of aryl methyl sites for hydroxylation is 1. The number of hydrogen-bond donors (Lipinski definition) is 2. The molecule has 0 aliphatic heterocycles. The third-order valence-electron chi connectivity index (χ3n) is 4.32. The van der Waals surface area contributed by atoms with Crippen LogP contribution in [0.4, 0.5) is 0 Å². The summed E-state index contributed by atoms with van der Waals surface area (Å²) in [6, 6.07) is 14.7. The number of aromatic amines is 2. The van der Waals surface area contributed by atoms with Gasteiger partial charge in [-0.05, 0) is 18.6 Å². The summed E-state index contributed by atoms with van der Waals surface area (Å²) in [4.78, 5) is 11.7. The van der Waals surface area contributed by atoms with Crippen molar-refractivity contribution < 1.29 is 0 Å². The van der Waals surface area contributed by atoms with Crippen molar-refractivity contribution in [2.45, 2.75) is 6.92 Å². The van der Waals surface area contributed by atoms with Gasteiger partial charge in [0.25, 0.3) is 0 Å². The number of aromatic nitrogens is 3. The Bertz CT molecular complexity index is 1140. The number of para-hydroxylation sites is 2. The molecule has 0 amide bonds. The highest BCUT2D eigenvalue weighted by Gasteiger charge is 2.13. The molecule has 3 heteroatoms. The van der Waals surface area contributed by atoms with E-state index in [4.69, 9.17) is 0 Å². The summed E-state index contributed by atoms with van der Waals surface area (Å²) in [5.41, 5.74) is 6.82. The van der Waals surface area contributed by atoms with Crippen LogP contribution in [0.25, 0.3) is 43.7 Å². The SMILES string of the molecule is Cc1cccc2c1[nH]c1c2ncc2[nH]c3ccccc3c21. The second-order valence-corrected chi connectivity index (χ2v) is 5.56. The van der Waals surface area contributed by atoms with Gasteiger partial charge in [-0.25, -0.2) is 0 Å². The lowest BCUT2D eigenvalue weighted by molar-refractivity contribution is 1.42. The Morgan fingerprint density at radius 1 is 0.810 bits per heavy atom. The van der Waals surface area contributed by atoms with Crippen molar-refractivity contribution in [3.05, 3.63) is 54.2 Å². The third-order valence-corrected chi connectivity index (χ3v) is 4.32. The van der Waals surface area contributed by atoms with Crippen LogP contribution in [0.2, 0.25) is 0 Å². The van der Waals surface area contributed by atoms with Crippen LogP contribution in [0.5, 0.6) is 0 Å². The number of nitrogens with one attached hydrogen (secondary N) is 2. The van der Waals surface area contributed by atoms with Gasteiger partial charge in [0.15, 0.2) is 0 Å². The first-order valence-electron chi connectivity index (χ1n) is 7.09. The van der Waals surface area contributed by atoms with E-state index < -0.39 is 0 Å². The molecule has 0 atom stereocenters. The molecule has 5 rings (SSSR count). The van der Waals surface area contributed by atoms with Crippen LogP contribution in [0.1, 0.15) is 5.56 Å². The highest BCUT2D eigenvalue weighted by Crippen LogP contribution is 2.34.